The zero-order valence-electron chi connectivity index (χ0n) is 46.7. The molecule has 12 aromatic rings. The lowest BCUT2D eigenvalue weighted by Crippen LogP contribution is -2.30. The fraction of sp³-hybridized carbons (Fsp3) is 0.212. The first-order valence-corrected chi connectivity index (χ1v) is 27.5. The Balaban J connectivity index is 0.000000167. The van der Waals surface area contributed by atoms with Gasteiger partial charge in [0.15, 0.2) is 11.4 Å². The van der Waals surface area contributed by atoms with E-state index in [1.54, 1.807) is 71.0 Å². The summed E-state index contributed by atoms with van der Waals surface area (Å²) >= 11 is 3.32. The summed E-state index contributed by atoms with van der Waals surface area (Å²) in [6.07, 6.45) is -0.646. The predicted octanol–water partition coefficient (Wildman–Crippen LogP) is 15.4. The Kier molecular flexibility index (Phi) is 17.2. The molecule has 17 heteroatoms. The molecule has 0 aliphatic carbocycles. The molecule has 0 fully saturated rings. The molecule has 6 aromatic carbocycles. The predicted molar refractivity (Wildman–Crippen MR) is 326 cm³/mol. The number of benzene rings is 6. The van der Waals surface area contributed by atoms with Crippen LogP contribution in [-0.2, 0) is 10.3 Å². The van der Waals surface area contributed by atoms with Gasteiger partial charge in [-0.05, 0) is 143 Å². The first-order valence-electron chi connectivity index (χ1n) is 26.7. The van der Waals surface area contributed by atoms with Gasteiger partial charge < -0.3 is 33.3 Å². The maximum Gasteiger partial charge on any atom is 0.423 e. The molecule has 16 nitrogen and oxygen atoms in total. The van der Waals surface area contributed by atoms with Gasteiger partial charge in [-0.15, -0.1) is 0 Å². The largest absolute Gasteiger partial charge is 0.465 e. The van der Waals surface area contributed by atoms with Gasteiger partial charge in [0.2, 0.25) is 0 Å². The molecule has 0 aliphatic heterocycles. The Morgan fingerprint density at radius 3 is 1.80 bits per heavy atom. The van der Waals surface area contributed by atoms with Crippen molar-refractivity contribution in [2.45, 2.75) is 80.9 Å². The number of carbonyl (C=O) groups is 2. The normalized spacial score (nSPS) is 12.0. The Hall–Kier alpha value is -9.32. The van der Waals surface area contributed by atoms with Crippen LogP contribution in [0.25, 0.3) is 66.1 Å². The highest BCUT2D eigenvalue weighted by Gasteiger charge is 2.39. The number of aromatic nitrogens is 8. The van der Waals surface area contributed by atoms with Crippen LogP contribution in [0.1, 0.15) is 97.7 Å². The first kappa shape index (κ1) is 58.3. The van der Waals surface area contributed by atoms with Crippen LogP contribution in [0.2, 0.25) is 0 Å². The number of ketones is 1. The van der Waals surface area contributed by atoms with Gasteiger partial charge in [-0.3, -0.25) is 4.79 Å². The van der Waals surface area contributed by atoms with Gasteiger partial charge in [-0.2, -0.15) is 14.5 Å². The molecule has 0 radical (unpaired) electrons. The zero-order valence-corrected chi connectivity index (χ0v) is 48.3. The summed E-state index contributed by atoms with van der Waals surface area (Å²) in [5.74, 6) is 1.07. The third-order valence-electron chi connectivity index (χ3n) is 13.5. The van der Waals surface area contributed by atoms with Crippen molar-refractivity contribution >= 4 is 71.7 Å². The van der Waals surface area contributed by atoms with Crippen molar-refractivity contribution in [3.63, 3.8) is 0 Å². The third kappa shape index (κ3) is 12.0. The Labute approximate surface area is 488 Å². The molecule has 6 heterocycles. The number of hydrogen-bond acceptors (Lipinski definition) is 14. The van der Waals surface area contributed by atoms with E-state index < -0.39 is 17.3 Å². The molecule has 1 unspecified atom stereocenters. The summed E-state index contributed by atoms with van der Waals surface area (Å²) < 4.78 is 30.0. The summed E-state index contributed by atoms with van der Waals surface area (Å²) in [4.78, 5) is 48.6. The fourth-order valence-corrected chi connectivity index (χ4v) is 10.2. The number of H-pyrrole nitrogens is 1. The summed E-state index contributed by atoms with van der Waals surface area (Å²) in [6, 6.07) is 50.2. The molecule has 0 aliphatic rings. The van der Waals surface area contributed by atoms with Gasteiger partial charge in [0.05, 0.1) is 63.4 Å². The van der Waals surface area contributed by atoms with E-state index in [0.29, 0.717) is 79.9 Å². The number of nitrogens with zero attached hydrogens (tertiary/aromatic N) is 7. The van der Waals surface area contributed by atoms with E-state index in [0.717, 1.165) is 48.9 Å². The van der Waals surface area contributed by atoms with Crippen molar-refractivity contribution < 1.29 is 38.0 Å². The lowest BCUT2D eigenvalue weighted by molar-refractivity contribution is 0.0527. The van der Waals surface area contributed by atoms with Gasteiger partial charge in [-0.1, -0.05) is 127 Å². The number of imidazole rings is 2. The van der Waals surface area contributed by atoms with Crippen LogP contribution in [0.15, 0.2) is 171 Å². The van der Waals surface area contributed by atoms with Crippen LogP contribution in [0, 0.1) is 27.7 Å². The maximum atomic E-state index is 13.6. The lowest BCUT2D eigenvalue weighted by Gasteiger charge is -2.30. The van der Waals surface area contributed by atoms with Crippen LogP contribution in [0.3, 0.4) is 0 Å². The minimum Gasteiger partial charge on any atom is -0.465 e. The van der Waals surface area contributed by atoms with E-state index >= 15 is 0 Å². The highest BCUT2D eigenvalue weighted by Crippen LogP contribution is 2.43. The Bertz CT molecular complexity index is 4260. The van der Waals surface area contributed by atoms with Gasteiger partial charge >= 0.3 is 12.1 Å². The van der Waals surface area contributed by atoms with E-state index in [-0.39, 0.29) is 25.8 Å². The number of fused-ring (bicyclic) bond motifs is 4. The summed E-state index contributed by atoms with van der Waals surface area (Å²) in [6.45, 7) is 17.2. The molecule has 0 saturated heterocycles. The number of aryl methyl sites for hydroxylation is 4. The lowest BCUT2D eigenvalue weighted by atomic mass is 9.81. The number of nitrogens with one attached hydrogen (secondary N) is 1. The van der Waals surface area contributed by atoms with E-state index in [1.165, 1.54) is 9.95 Å². The molecule has 0 spiro atoms. The van der Waals surface area contributed by atoms with Crippen molar-refractivity contribution in [1.29, 1.82) is 0 Å². The Morgan fingerprint density at radius 2 is 1.20 bits per heavy atom. The van der Waals surface area contributed by atoms with Crippen molar-refractivity contribution in [2.24, 2.45) is 0 Å². The number of carbonyl (C=O) groups excluding carboxylic acids is 2. The number of aliphatic hydroxyl groups is 1. The van der Waals surface area contributed by atoms with Crippen molar-refractivity contribution in [3.8, 4) is 34.3 Å². The maximum absolute atomic E-state index is 13.6. The molecule has 2 N–H and O–H groups in total. The standard InChI is InChI=1S/C30H26N4O3.C26H27N3O5.C9H6BrN.CH4/c1-4-36-29-32-25-17-21(27-18(2)34-37-19(27)3)16-23(28(25)33-29)30(35,22-11-6-5-7-12-22)26-15-14-20-10-8-9-13-24(20)31-26;1-7-32-24-27-22-19(23(30)17-11-9-8-10-12-17)13-18(21-15(2)28-34-16(21)3)14-20(22)29(24)25(31)33-26(4,5)6;10-9-6-5-7-3-1-2-4-8(7)11-9;/h5-17,35H,4H2,1-3H3,(H,32,33);8-14H,7H2,1-6H3;1-6H;1H4. The smallest absolute Gasteiger partial charge is 0.423 e. The van der Waals surface area contributed by atoms with Crippen LogP contribution in [0.4, 0.5) is 4.79 Å². The number of pyridine rings is 2. The van der Waals surface area contributed by atoms with Gasteiger partial charge in [0.1, 0.15) is 27.2 Å². The monoisotopic (exact) mass is 1170 g/mol. The van der Waals surface area contributed by atoms with Gasteiger partial charge in [0, 0.05) is 33.0 Å². The second-order valence-electron chi connectivity index (χ2n) is 20.3. The number of para-hydroxylation sites is 2. The molecule has 6 aromatic heterocycles. The summed E-state index contributed by atoms with van der Waals surface area (Å²) in [5.41, 5.74) is 8.71. The van der Waals surface area contributed by atoms with Gasteiger partial charge in [0.25, 0.3) is 6.01 Å². The summed E-state index contributed by atoms with van der Waals surface area (Å²) in [7, 11) is 0. The van der Waals surface area contributed by atoms with Gasteiger partial charge in [-0.25, -0.2) is 14.8 Å². The minimum atomic E-state index is -1.61. The molecule has 422 valence electrons. The molecule has 0 bridgehead atoms. The number of ether oxygens (including phenoxy) is 3. The number of rotatable bonds is 11. The first-order chi connectivity index (χ1) is 39.4. The highest BCUT2D eigenvalue weighted by molar-refractivity contribution is 9.10. The quantitative estimate of drug-likeness (QED) is 0.0913. The SMILES string of the molecule is Brc1ccc2ccccc2n1.C.CCOc1nc2c(C(=O)c3ccccc3)cc(-c3c(C)noc3C)cc2n1C(=O)OC(C)(C)C.CCOc1nc2c(C(O)(c3ccccc3)c3ccc4ccccc4n3)cc(-c3c(C)noc3C)cc2[nH]1. The van der Waals surface area contributed by atoms with E-state index in [9.17, 15) is 14.7 Å². The highest BCUT2D eigenvalue weighted by atomic mass is 79.9. The Morgan fingerprint density at radius 1 is 0.639 bits per heavy atom. The number of hydrogen-bond donors (Lipinski definition) is 2. The van der Waals surface area contributed by atoms with Crippen LogP contribution in [-0.4, -0.2) is 75.6 Å². The molecular weight excluding hydrogens is 1110 g/mol. The zero-order chi connectivity index (χ0) is 57.9. The topological polar surface area (TPSA) is 206 Å². The van der Waals surface area contributed by atoms with Crippen LogP contribution >= 0.6 is 15.9 Å². The number of halogens is 1. The summed E-state index contributed by atoms with van der Waals surface area (Å²) in [5, 5.41) is 23.2. The third-order valence-corrected chi connectivity index (χ3v) is 13.9. The van der Waals surface area contributed by atoms with Crippen LogP contribution in [0.5, 0.6) is 12.0 Å². The number of aromatic amines is 1. The van der Waals surface area contributed by atoms with Crippen molar-refractivity contribution in [3.05, 3.63) is 213 Å². The van der Waals surface area contributed by atoms with E-state index in [4.69, 9.17) is 33.2 Å². The van der Waals surface area contributed by atoms with E-state index in [2.05, 4.69) is 47.3 Å². The second kappa shape index (κ2) is 24.4. The minimum absolute atomic E-state index is 0. The average molecular weight is 1180 g/mol. The van der Waals surface area contributed by atoms with Crippen LogP contribution < -0.4 is 9.47 Å². The fourth-order valence-electron chi connectivity index (χ4n) is 9.87. The second-order valence-corrected chi connectivity index (χ2v) is 21.1. The van der Waals surface area contributed by atoms with E-state index in [1.807, 2.05) is 143 Å². The molecule has 83 heavy (non-hydrogen) atoms. The molecule has 0 amide bonds. The molecule has 1 atom stereocenters. The average Bonchev–Trinajstić information content (AvgIpc) is 3.76. The molecule has 12 rings (SSSR count). The van der Waals surface area contributed by atoms with Crippen molar-refractivity contribution in [1.82, 2.24) is 39.8 Å². The van der Waals surface area contributed by atoms with Crippen molar-refractivity contribution in [2.75, 3.05) is 13.2 Å². The molecular formula is C66H63BrN8O8. The molecule has 0 saturated carbocycles.